The molecule has 1 aliphatic heterocycles. The molecule has 2 aromatic rings. The third-order valence-electron chi connectivity index (χ3n) is 4.03. The van der Waals surface area contributed by atoms with Gasteiger partial charge in [0.2, 0.25) is 12.0 Å². The lowest BCUT2D eigenvalue weighted by atomic mass is 10.1. The molecular weight excluding hydrogens is 386 g/mol. The van der Waals surface area contributed by atoms with Gasteiger partial charge in [0.25, 0.3) is 5.91 Å². The van der Waals surface area contributed by atoms with E-state index < -0.39 is 6.10 Å². The van der Waals surface area contributed by atoms with Crippen LogP contribution in [0.25, 0.3) is 0 Å². The van der Waals surface area contributed by atoms with Crippen molar-refractivity contribution in [2.24, 2.45) is 11.1 Å². The highest BCUT2D eigenvalue weighted by Gasteiger charge is 2.29. The fourth-order valence-corrected chi connectivity index (χ4v) is 3.46. The van der Waals surface area contributed by atoms with E-state index in [1.807, 2.05) is 44.2 Å². The molecule has 1 aromatic heterocycles. The van der Waals surface area contributed by atoms with Crippen molar-refractivity contribution in [3.8, 4) is 0 Å². The highest BCUT2D eigenvalue weighted by atomic mass is 35.5. The van der Waals surface area contributed by atoms with Gasteiger partial charge in [-0.2, -0.15) is 0 Å². The molecule has 1 atom stereocenters. The Kier molecular flexibility index (Phi) is 6.13. The predicted molar refractivity (Wildman–Crippen MR) is 107 cm³/mol. The SMILES string of the molecule is CC(C)C(=O)Nc1ccc(CNC(=O)[C@@H]2CC(c3ccc(Cl)s3)=NO2)cc1. The Morgan fingerprint density at radius 2 is 2.00 bits per heavy atom. The largest absolute Gasteiger partial charge is 0.382 e. The van der Waals surface area contributed by atoms with Crippen LogP contribution in [0, 0.1) is 5.92 Å². The Hall–Kier alpha value is -2.38. The highest BCUT2D eigenvalue weighted by Crippen LogP contribution is 2.26. The van der Waals surface area contributed by atoms with Crippen molar-refractivity contribution >= 4 is 46.2 Å². The fraction of sp³-hybridized carbons (Fsp3) is 0.316. The molecule has 0 spiro atoms. The van der Waals surface area contributed by atoms with E-state index >= 15 is 0 Å². The number of amides is 2. The summed E-state index contributed by atoms with van der Waals surface area (Å²) in [6, 6.07) is 11.0. The summed E-state index contributed by atoms with van der Waals surface area (Å²) in [5, 5.41) is 9.68. The van der Waals surface area contributed by atoms with Gasteiger partial charge in [-0.05, 0) is 29.8 Å². The van der Waals surface area contributed by atoms with Crippen molar-refractivity contribution in [3.05, 3.63) is 51.2 Å². The van der Waals surface area contributed by atoms with Crippen LogP contribution in [-0.2, 0) is 21.0 Å². The molecular formula is C19H20ClN3O3S. The predicted octanol–water partition coefficient (Wildman–Crippen LogP) is 3.81. The van der Waals surface area contributed by atoms with Crippen LogP contribution in [0.1, 0.15) is 30.7 Å². The first-order valence-electron chi connectivity index (χ1n) is 8.58. The van der Waals surface area contributed by atoms with Crippen molar-refractivity contribution in [2.45, 2.75) is 32.9 Å². The van der Waals surface area contributed by atoms with Crippen LogP contribution in [0.2, 0.25) is 4.34 Å². The van der Waals surface area contributed by atoms with Crippen LogP contribution in [0.4, 0.5) is 5.69 Å². The first-order valence-corrected chi connectivity index (χ1v) is 9.77. The minimum atomic E-state index is -0.634. The lowest BCUT2D eigenvalue weighted by Gasteiger charge is -2.11. The Morgan fingerprint density at radius 3 is 2.63 bits per heavy atom. The number of thiophene rings is 1. The number of carbonyl (C=O) groups excluding carboxylic acids is 2. The van der Waals surface area contributed by atoms with E-state index in [2.05, 4.69) is 15.8 Å². The summed E-state index contributed by atoms with van der Waals surface area (Å²) < 4.78 is 0.675. The molecule has 0 aliphatic carbocycles. The molecule has 1 aromatic carbocycles. The maximum absolute atomic E-state index is 12.3. The molecule has 0 fully saturated rings. The van der Waals surface area contributed by atoms with Crippen LogP contribution in [0.3, 0.4) is 0 Å². The second kappa shape index (κ2) is 8.54. The van der Waals surface area contributed by atoms with Crippen LogP contribution < -0.4 is 10.6 Å². The van der Waals surface area contributed by atoms with Gasteiger partial charge in [0.15, 0.2) is 0 Å². The molecule has 1 aliphatic rings. The second-order valence-corrected chi connectivity index (χ2v) is 8.21. The van der Waals surface area contributed by atoms with E-state index in [1.54, 1.807) is 6.07 Å². The van der Waals surface area contributed by atoms with Crippen LogP contribution in [-0.4, -0.2) is 23.6 Å². The third kappa shape index (κ3) is 5.08. The summed E-state index contributed by atoms with van der Waals surface area (Å²) >= 11 is 7.34. The van der Waals surface area contributed by atoms with E-state index in [0.717, 1.165) is 21.8 Å². The molecule has 142 valence electrons. The van der Waals surface area contributed by atoms with E-state index in [-0.39, 0.29) is 17.7 Å². The van der Waals surface area contributed by atoms with Crippen molar-refractivity contribution in [2.75, 3.05) is 5.32 Å². The van der Waals surface area contributed by atoms with Crippen molar-refractivity contribution in [1.29, 1.82) is 0 Å². The van der Waals surface area contributed by atoms with Crippen LogP contribution in [0.5, 0.6) is 0 Å². The van der Waals surface area contributed by atoms with Crippen molar-refractivity contribution in [3.63, 3.8) is 0 Å². The Balaban J connectivity index is 1.48. The molecule has 8 heteroatoms. The average molecular weight is 406 g/mol. The fourth-order valence-electron chi connectivity index (χ4n) is 2.43. The van der Waals surface area contributed by atoms with Gasteiger partial charge in [0.1, 0.15) is 5.71 Å². The van der Waals surface area contributed by atoms with E-state index in [9.17, 15) is 9.59 Å². The molecule has 2 N–H and O–H groups in total. The zero-order valence-corrected chi connectivity index (χ0v) is 16.6. The average Bonchev–Trinajstić information content (AvgIpc) is 3.29. The van der Waals surface area contributed by atoms with Crippen LogP contribution >= 0.6 is 22.9 Å². The molecule has 0 radical (unpaired) electrons. The normalized spacial score (nSPS) is 16.0. The van der Waals surface area contributed by atoms with Gasteiger partial charge in [-0.15, -0.1) is 11.3 Å². The van der Waals surface area contributed by atoms with Gasteiger partial charge in [-0.3, -0.25) is 9.59 Å². The minimum Gasteiger partial charge on any atom is -0.382 e. The van der Waals surface area contributed by atoms with Gasteiger partial charge < -0.3 is 15.5 Å². The van der Waals surface area contributed by atoms with Gasteiger partial charge in [0.05, 0.1) is 9.21 Å². The Morgan fingerprint density at radius 1 is 1.26 bits per heavy atom. The molecule has 2 heterocycles. The number of carbonyl (C=O) groups is 2. The first-order chi connectivity index (χ1) is 12.9. The van der Waals surface area contributed by atoms with Crippen LogP contribution in [0.15, 0.2) is 41.6 Å². The molecule has 6 nitrogen and oxygen atoms in total. The number of rotatable bonds is 6. The zero-order chi connectivity index (χ0) is 19.4. The number of oxime groups is 1. The standard InChI is InChI=1S/C19H20ClN3O3S/c1-11(2)18(24)22-13-5-3-12(4-6-13)10-21-19(25)15-9-14(23-26-15)16-7-8-17(20)27-16/h3-8,11,15H,9-10H2,1-2H3,(H,21,25)(H,22,24)/t15-/m0/s1. The smallest absolute Gasteiger partial charge is 0.264 e. The number of hydrogen-bond acceptors (Lipinski definition) is 5. The number of halogens is 1. The van der Waals surface area contributed by atoms with E-state index in [0.29, 0.717) is 17.3 Å². The van der Waals surface area contributed by atoms with Gasteiger partial charge >= 0.3 is 0 Å². The second-order valence-electron chi connectivity index (χ2n) is 6.50. The Labute approximate surface area is 166 Å². The molecule has 27 heavy (non-hydrogen) atoms. The monoisotopic (exact) mass is 405 g/mol. The molecule has 0 saturated carbocycles. The Bertz CT molecular complexity index is 861. The lowest BCUT2D eigenvalue weighted by molar-refractivity contribution is -0.131. The summed E-state index contributed by atoms with van der Waals surface area (Å²) in [5.74, 6) is -0.321. The van der Waals surface area contributed by atoms with Crippen molar-refractivity contribution < 1.29 is 14.4 Å². The van der Waals surface area contributed by atoms with Gasteiger partial charge in [-0.1, -0.05) is 42.7 Å². The lowest BCUT2D eigenvalue weighted by Crippen LogP contribution is -2.34. The molecule has 2 amide bonds. The molecule has 0 bridgehead atoms. The number of hydrogen-bond donors (Lipinski definition) is 2. The summed E-state index contributed by atoms with van der Waals surface area (Å²) in [6.45, 7) is 4.05. The first kappa shape index (κ1) is 19.4. The number of anilines is 1. The molecule has 3 rings (SSSR count). The third-order valence-corrected chi connectivity index (χ3v) is 5.31. The highest BCUT2D eigenvalue weighted by molar-refractivity contribution is 7.18. The maximum atomic E-state index is 12.3. The maximum Gasteiger partial charge on any atom is 0.264 e. The minimum absolute atomic E-state index is 0.0303. The summed E-state index contributed by atoms with van der Waals surface area (Å²) in [5.41, 5.74) is 2.39. The molecule has 0 saturated heterocycles. The topological polar surface area (TPSA) is 79.8 Å². The summed E-state index contributed by atoms with van der Waals surface area (Å²) in [4.78, 5) is 30.2. The van der Waals surface area contributed by atoms with E-state index in [4.69, 9.17) is 16.4 Å². The zero-order valence-electron chi connectivity index (χ0n) is 15.0. The van der Waals surface area contributed by atoms with Gasteiger partial charge in [0, 0.05) is 24.6 Å². The van der Waals surface area contributed by atoms with Gasteiger partial charge in [-0.25, -0.2) is 0 Å². The van der Waals surface area contributed by atoms with Crippen molar-refractivity contribution in [1.82, 2.24) is 5.32 Å². The summed E-state index contributed by atoms with van der Waals surface area (Å²) in [7, 11) is 0. The number of nitrogens with zero attached hydrogens (tertiary/aromatic N) is 1. The quantitative estimate of drug-likeness (QED) is 0.766. The number of benzene rings is 1. The number of nitrogens with one attached hydrogen (secondary N) is 2. The molecule has 0 unspecified atom stereocenters. The van der Waals surface area contributed by atoms with E-state index in [1.165, 1.54) is 11.3 Å². The summed E-state index contributed by atoms with van der Waals surface area (Å²) in [6.07, 6.45) is -0.214.